The van der Waals surface area contributed by atoms with Crippen molar-refractivity contribution in [1.29, 1.82) is 0 Å². The SMILES string of the molecule is O=C(NCCc1nnc2n1CCC2)N[C@H]1CCCCc2ccccc21. The van der Waals surface area contributed by atoms with Crippen molar-refractivity contribution < 1.29 is 4.79 Å². The van der Waals surface area contributed by atoms with E-state index in [-0.39, 0.29) is 12.1 Å². The summed E-state index contributed by atoms with van der Waals surface area (Å²) < 4.78 is 2.18. The summed E-state index contributed by atoms with van der Waals surface area (Å²) in [6.07, 6.45) is 7.33. The molecule has 0 saturated carbocycles. The smallest absolute Gasteiger partial charge is 0.315 e. The minimum atomic E-state index is -0.0946. The van der Waals surface area contributed by atoms with Gasteiger partial charge in [-0.2, -0.15) is 0 Å². The van der Waals surface area contributed by atoms with E-state index in [2.05, 4.69) is 49.7 Å². The largest absolute Gasteiger partial charge is 0.338 e. The average molecular weight is 339 g/mol. The van der Waals surface area contributed by atoms with Crippen molar-refractivity contribution in [1.82, 2.24) is 25.4 Å². The molecule has 2 amide bonds. The van der Waals surface area contributed by atoms with Gasteiger partial charge < -0.3 is 15.2 Å². The van der Waals surface area contributed by atoms with Crippen LogP contribution in [0, 0.1) is 0 Å². The molecule has 0 radical (unpaired) electrons. The van der Waals surface area contributed by atoms with E-state index < -0.39 is 0 Å². The van der Waals surface area contributed by atoms with Crippen LogP contribution >= 0.6 is 0 Å². The van der Waals surface area contributed by atoms with Crippen LogP contribution in [-0.4, -0.2) is 27.3 Å². The highest BCUT2D eigenvalue weighted by atomic mass is 16.2. The number of aromatic nitrogens is 3. The van der Waals surface area contributed by atoms with Gasteiger partial charge in [-0.25, -0.2) is 4.79 Å². The lowest BCUT2D eigenvalue weighted by Gasteiger charge is -2.19. The van der Waals surface area contributed by atoms with Gasteiger partial charge in [-0.15, -0.1) is 10.2 Å². The minimum absolute atomic E-state index is 0.0946. The maximum absolute atomic E-state index is 12.3. The van der Waals surface area contributed by atoms with Gasteiger partial charge >= 0.3 is 6.03 Å². The molecule has 2 N–H and O–H groups in total. The molecular formula is C19H25N5O. The molecule has 0 unspecified atom stereocenters. The number of carbonyl (C=O) groups is 1. The number of hydrogen-bond donors (Lipinski definition) is 2. The van der Waals surface area contributed by atoms with Crippen molar-refractivity contribution in [3.8, 4) is 0 Å². The first-order chi connectivity index (χ1) is 12.3. The second kappa shape index (κ2) is 7.25. The average Bonchev–Trinajstić information content (AvgIpc) is 3.17. The Bertz CT molecular complexity index is 754. The maximum atomic E-state index is 12.3. The fraction of sp³-hybridized carbons (Fsp3) is 0.526. The van der Waals surface area contributed by atoms with Crippen LogP contribution in [0.15, 0.2) is 24.3 Å². The molecular weight excluding hydrogens is 314 g/mol. The maximum Gasteiger partial charge on any atom is 0.315 e. The molecule has 1 aliphatic carbocycles. The highest BCUT2D eigenvalue weighted by Gasteiger charge is 2.20. The van der Waals surface area contributed by atoms with Crippen LogP contribution in [0.5, 0.6) is 0 Å². The third kappa shape index (κ3) is 3.52. The third-order valence-electron chi connectivity index (χ3n) is 5.25. The number of nitrogens with one attached hydrogen (secondary N) is 2. The Morgan fingerprint density at radius 3 is 3.04 bits per heavy atom. The van der Waals surface area contributed by atoms with E-state index in [0.717, 1.165) is 56.7 Å². The summed E-state index contributed by atoms with van der Waals surface area (Å²) in [5.74, 6) is 2.06. The van der Waals surface area contributed by atoms with Gasteiger partial charge in [-0.05, 0) is 36.8 Å². The van der Waals surface area contributed by atoms with E-state index >= 15 is 0 Å². The molecule has 0 bridgehead atoms. The van der Waals surface area contributed by atoms with E-state index in [9.17, 15) is 4.79 Å². The molecule has 0 fully saturated rings. The number of urea groups is 1. The lowest BCUT2D eigenvalue weighted by Crippen LogP contribution is -2.39. The lowest BCUT2D eigenvalue weighted by atomic mass is 9.99. The number of fused-ring (bicyclic) bond motifs is 2. The zero-order valence-corrected chi connectivity index (χ0v) is 14.5. The highest BCUT2D eigenvalue weighted by molar-refractivity contribution is 5.74. The fourth-order valence-corrected chi connectivity index (χ4v) is 3.96. The molecule has 4 rings (SSSR count). The Labute approximate surface area is 148 Å². The zero-order valence-electron chi connectivity index (χ0n) is 14.5. The van der Waals surface area contributed by atoms with Crippen molar-refractivity contribution in [2.45, 2.75) is 57.5 Å². The second-order valence-corrected chi connectivity index (χ2v) is 6.94. The van der Waals surface area contributed by atoms with Crippen LogP contribution in [0.1, 0.15) is 54.5 Å². The first kappa shape index (κ1) is 16.1. The third-order valence-corrected chi connectivity index (χ3v) is 5.25. The number of nitrogens with zero attached hydrogens (tertiary/aromatic N) is 3. The quantitative estimate of drug-likeness (QED) is 0.841. The van der Waals surface area contributed by atoms with Gasteiger partial charge in [0.05, 0.1) is 6.04 Å². The first-order valence-electron chi connectivity index (χ1n) is 9.34. The molecule has 2 heterocycles. The van der Waals surface area contributed by atoms with Crippen LogP contribution in [0.3, 0.4) is 0 Å². The molecule has 6 heteroatoms. The standard InChI is InChI=1S/C19H25N5O/c25-19(20-12-11-18-23-22-17-10-5-13-24(17)18)21-16-9-4-2-7-14-6-1-3-8-15(14)16/h1,3,6,8,16H,2,4-5,7,9-13H2,(H2,20,21,25)/t16-/m0/s1. The van der Waals surface area contributed by atoms with Crippen LogP contribution in [-0.2, 0) is 25.8 Å². The number of amides is 2. The van der Waals surface area contributed by atoms with E-state index in [1.807, 2.05) is 0 Å². The Kier molecular flexibility index (Phi) is 4.68. The molecule has 2 aromatic rings. The molecule has 0 saturated heterocycles. The first-order valence-corrected chi connectivity index (χ1v) is 9.34. The van der Waals surface area contributed by atoms with Gasteiger partial charge in [0.1, 0.15) is 11.6 Å². The van der Waals surface area contributed by atoms with Crippen molar-refractivity contribution in [2.75, 3.05) is 6.54 Å². The van der Waals surface area contributed by atoms with Crippen molar-refractivity contribution in [3.63, 3.8) is 0 Å². The molecule has 132 valence electrons. The van der Waals surface area contributed by atoms with Gasteiger partial charge in [0.15, 0.2) is 0 Å². The fourth-order valence-electron chi connectivity index (χ4n) is 3.96. The Balaban J connectivity index is 1.31. The molecule has 2 aliphatic rings. The van der Waals surface area contributed by atoms with Gasteiger partial charge in [0, 0.05) is 25.9 Å². The molecule has 1 aromatic heterocycles. The molecule has 6 nitrogen and oxygen atoms in total. The molecule has 1 aromatic carbocycles. The summed E-state index contributed by atoms with van der Waals surface area (Å²) in [6, 6.07) is 8.48. The predicted octanol–water partition coefficient (Wildman–Crippen LogP) is 2.53. The molecule has 25 heavy (non-hydrogen) atoms. The van der Waals surface area contributed by atoms with Gasteiger partial charge in [-0.1, -0.05) is 30.7 Å². The molecule has 1 aliphatic heterocycles. The van der Waals surface area contributed by atoms with Gasteiger partial charge in [0.2, 0.25) is 0 Å². The summed E-state index contributed by atoms with van der Waals surface area (Å²) >= 11 is 0. The number of aryl methyl sites for hydroxylation is 2. The second-order valence-electron chi connectivity index (χ2n) is 6.94. The zero-order chi connectivity index (χ0) is 17.1. The van der Waals surface area contributed by atoms with Crippen LogP contribution < -0.4 is 10.6 Å². The monoisotopic (exact) mass is 339 g/mol. The summed E-state index contributed by atoms with van der Waals surface area (Å²) in [7, 11) is 0. The summed E-state index contributed by atoms with van der Waals surface area (Å²) in [5, 5.41) is 14.6. The summed E-state index contributed by atoms with van der Waals surface area (Å²) in [5.41, 5.74) is 2.63. The number of carbonyl (C=O) groups excluding carboxylic acids is 1. The predicted molar refractivity (Wildman–Crippen MR) is 95.3 cm³/mol. The molecule has 0 spiro atoms. The van der Waals surface area contributed by atoms with Crippen molar-refractivity contribution in [2.24, 2.45) is 0 Å². The topological polar surface area (TPSA) is 71.8 Å². The van der Waals surface area contributed by atoms with E-state index in [0.29, 0.717) is 6.54 Å². The van der Waals surface area contributed by atoms with Gasteiger partial charge in [0.25, 0.3) is 0 Å². The van der Waals surface area contributed by atoms with Crippen LogP contribution in [0.25, 0.3) is 0 Å². The Hall–Kier alpha value is -2.37. The molecule has 1 atom stereocenters. The van der Waals surface area contributed by atoms with Crippen LogP contribution in [0.2, 0.25) is 0 Å². The van der Waals surface area contributed by atoms with Crippen LogP contribution in [0.4, 0.5) is 4.79 Å². The van der Waals surface area contributed by atoms with E-state index in [1.165, 1.54) is 17.5 Å². The van der Waals surface area contributed by atoms with E-state index in [1.54, 1.807) is 0 Å². The Morgan fingerprint density at radius 1 is 1.16 bits per heavy atom. The summed E-state index contributed by atoms with van der Waals surface area (Å²) in [6.45, 7) is 1.58. The van der Waals surface area contributed by atoms with Gasteiger partial charge in [-0.3, -0.25) is 0 Å². The number of rotatable bonds is 4. The lowest BCUT2D eigenvalue weighted by molar-refractivity contribution is 0.236. The minimum Gasteiger partial charge on any atom is -0.338 e. The number of benzene rings is 1. The Morgan fingerprint density at radius 2 is 2.08 bits per heavy atom. The normalized spacial score (nSPS) is 19.0. The summed E-state index contributed by atoms with van der Waals surface area (Å²) in [4.78, 5) is 12.3. The van der Waals surface area contributed by atoms with Crippen molar-refractivity contribution >= 4 is 6.03 Å². The van der Waals surface area contributed by atoms with E-state index in [4.69, 9.17) is 0 Å². The highest BCUT2D eigenvalue weighted by Crippen LogP contribution is 2.28. The number of hydrogen-bond acceptors (Lipinski definition) is 3. The van der Waals surface area contributed by atoms with Crippen molar-refractivity contribution in [3.05, 3.63) is 47.0 Å².